The number of ether oxygens (including phenoxy) is 1. The van der Waals surface area contributed by atoms with Crippen LogP contribution in [0.4, 0.5) is 0 Å². The normalized spacial score (nSPS) is 22.5. The molecule has 1 aliphatic heterocycles. The summed E-state index contributed by atoms with van der Waals surface area (Å²) in [5.41, 5.74) is 0. The zero-order valence-electron chi connectivity index (χ0n) is 9.28. The number of piperazine rings is 1. The molecule has 0 spiro atoms. The first kappa shape index (κ1) is 11.9. The Labute approximate surface area is 86.4 Å². The van der Waals surface area contributed by atoms with Crippen molar-refractivity contribution in [2.45, 2.75) is 12.5 Å². The summed E-state index contributed by atoms with van der Waals surface area (Å²) >= 11 is 0. The second-order valence-electron chi connectivity index (χ2n) is 4.04. The fraction of sp³-hybridized carbons (Fsp3) is 1.00. The van der Waals surface area contributed by atoms with E-state index in [1.807, 2.05) is 0 Å². The Morgan fingerprint density at radius 1 is 1.29 bits per heavy atom. The highest BCUT2D eigenvalue weighted by Gasteiger charge is 2.16. The second kappa shape index (κ2) is 6.35. The van der Waals surface area contributed by atoms with E-state index in [-0.39, 0.29) is 6.10 Å². The van der Waals surface area contributed by atoms with Crippen molar-refractivity contribution in [1.29, 1.82) is 0 Å². The summed E-state index contributed by atoms with van der Waals surface area (Å²) in [5.74, 6) is 0. The van der Waals surface area contributed by atoms with Gasteiger partial charge in [-0.15, -0.1) is 0 Å². The average molecular weight is 202 g/mol. The highest BCUT2D eigenvalue weighted by Crippen LogP contribution is 2.02. The molecule has 0 aromatic rings. The van der Waals surface area contributed by atoms with Crippen LogP contribution < -0.4 is 0 Å². The predicted molar refractivity (Wildman–Crippen MR) is 56.4 cm³/mol. The van der Waals surface area contributed by atoms with E-state index in [4.69, 9.17) is 4.74 Å². The third-order valence-corrected chi connectivity index (χ3v) is 2.72. The number of nitrogens with zero attached hydrogens (tertiary/aromatic N) is 2. The summed E-state index contributed by atoms with van der Waals surface area (Å²) in [6.45, 7) is 5.79. The standard InChI is InChI=1S/C10H22N2O2/c1-11-4-6-12(7-5-11)9-10(13)3-8-14-2/h10,13H,3-9H2,1-2H3. The Balaban J connectivity index is 2.10. The summed E-state index contributed by atoms with van der Waals surface area (Å²) in [7, 11) is 3.81. The van der Waals surface area contributed by atoms with Crippen LogP contribution in [0.2, 0.25) is 0 Å². The van der Waals surface area contributed by atoms with Crippen molar-refractivity contribution in [2.24, 2.45) is 0 Å². The van der Waals surface area contributed by atoms with Crippen molar-refractivity contribution >= 4 is 0 Å². The number of β-amino-alcohol motifs (C(OH)–C–C–N with tert-alkyl or cyclic N) is 1. The number of methoxy groups -OCH3 is 1. The van der Waals surface area contributed by atoms with Gasteiger partial charge in [0.25, 0.3) is 0 Å². The minimum atomic E-state index is -0.238. The maximum Gasteiger partial charge on any atom is 0.0689 e. The van der Waals surface area contributed by atoms with Crippen LogP contribution in [0.15, 0.2) is 0 Å². The number of hydrogen-bond donors (Lipinski definition) is 1. The van der Waals surface area contributed by atoms with Gasteiger partial charge in [0.15, 0.2) is 0 Å². The molecule has 1 aliphatic rings. The molecule has 1 rings (SSSR count). The van der Waals surface area contributed by atoms with Crippen LogP contribution in [0.25, 0.3) is 0 Å². The van der Waals surface area contributed by atoms with Gasteiger partial charge in [-0.2, -0.15) is 0 Å². The smallest absolute Gasteiger partial charge is 0.0689 e. The molecule has 1 atom stereocenters. The van der Waals surface area contributed by atoms with Crippen LogP contribution in [0, 0.1) is 0 Å². The maximum absolute atomic E-state index is 9.66. The first-order valence-corrected chi connectivity index (χ1v) is 5.30. The molecule has 1 fully saturated rings. The summed E-state index contributed by atoms with van der Waals surface area (Å²) in [6, 6.07) is 0. The number of aliphatic hydroxyl groups is 1. The lowest BCUT2D eigenvalue weighted by Crippen LogP contribution is -2.47. The van der Waals surface area contributed by atoms with Crippen LogP contribution in [0.5, 0.6) is 0 Å². The van der Waals surface area contributed by atoms with Crippen LogP contribution in [-0.4, -0.2) is 74.5 Å². The van der Waals surface area contributed by atoms with Gasteiger partial charge in [0.05, 0.1) is 6.10 Å². The van der Waals surface area contributed by atoms with E-state index in [9.17, 15) is 5.11 Å². The lowest BCUT2D eigenvalue weighted by atomic mass is 10.2. The monoisotopic (exact) mass is 202 g/mol. The zero-order valence-corrected chi connectivity index (χ0v) is 9.28. The van der Waals surface area contributed by atoms with Gasteiger partial charge in [-0.1, -0.05) is 0 Å². The molecule has 1 heterocycles. The van der Waals surface area contributed by atoms with Gasteiger partial charge in [-0.3, -0.25) is 4.90 Å². The van der Waals surface area contributed by atoms with E-state index in [0.29, 0.717) is 6.61 Å². The van der Waals surface area contributed by atoms with Gasteiger partial charge in [0, 0.05) is 46.4 Å². The Morgan fingerprint density at radius 3 is 2.50 bits per heavy atom. The van der Waals surface area contributed by atoms with Crippen LogP contribution >= 0.6 is 0 Å². The molecule has 84 valence electrons. The molecule has 4 heteroatoms. The van der Waals surface area contributed by atoms with Gasteiger partial charge in [-0.25, -0.2) is 0 Å². The number of rotatable bonds is 5. The molecule has 0 amide bonds. The van der Waals surface area contributed by atoms with E-state index in [1.165, 1.54) is 0 Å². The topological polar surface area (TPSA) is 35.9 Å². The molecule has 0 aromatic heterocycles. The van der Waals surface area contributed by atoms with Crippen LogP contribution in [-0.2, 0) is 4.74 Å². The van der Waals surface area contributed by atoms with Crippen molar-refractivity contribution in [3.63, 3.8) is 0 Å². The third kappa shape index (κ3) is 4.37. The molecular formula is C10H22N2O2. The third-order valence-electron chi connectivity index (χ3n) is 2.72. The van der Waals surface area contributed by atoms with Crippen molar-refractivity contribution in [1.82, 2.24) is 9.80 Å². The Morgan fingerprint density at radius 2 is 1.93 bits per heavy atom. The van der Waals surface area contributed by atoms with Gasteiger partial charge in [-0.05, 0) is 13.5 Å². The highest BCUT2D eigenvalue weighted by molar-refractivity contribution is 4.72. The SMILES string of the molecule is COCCC(O)CN1CCN(C)CC1. The molecule has 1 saturated heterocycles. The van der Waals surface area contributed by atoms with E-state index in [1.54, 1.807) is 7.11 Å². The molecular weight excluding hydrogens is 180 g/mol. The molecule has 0 aromatic carbocycles. The van der Waals surface area contributed by atoms with Gasteiger partial charge in [0.1, 0.15) is 0 Å². The lowest BCUT2D eigenvalue weighted by Gasteiger charge is -2.33. The minimum absolute atomic E-state index is 0.238. The average Bonchev–Trinajstić information content (AvgIpc) is 2.18. The van der Waals surface area contributed by atoms with Crippen LogP contribution in [0.3, 0.4) is 0 Å². The predicted octanol–water partition coefficient (Wildman–Crippen LogP) is -0.369. The van der Waals surface area contributed by atoms with E-state index < -0.39 is 0 Å². The summed E-state index contributed by atoms with van der Waals surface area (Å²) < 4.78 is 4.93. The summed E-state index contributed by atoms with van der Waals surface area (Å²) in [5, 5.41) is 9.66. The van der Waals surface area contributed by atoms with Crippen molar-refractivity contribution < 1.29 is 9.84 Å². The molecule has 14 heavy (non-hydrogen) atoms. The lowest BCUT2D eigenvalue weighted by molar-refractivity contribution is 0.0575. The molecule has 1 N–H and O–H groups in total. The zero-order chi connectivity index (χ0) is 10.4. The van der Waals surface area contributed by atoms with Gasteiger partial charge in [0.2, 0.25) is 0 Å². The number of likely N-dealkylation sites (N-methyl/N-ethyl adjacent to an activating group) is 1. The molecule has 0 saturated carbocycles. The van der Waals surface area contributed by atoms with E-state index in [0.717, 1.165) is 39.1 Å². The first-order chi connectivity index (χ1) is 6.72. The number of hydrogen-bond acceptors (Lipinski definition) is 4. The second-order valence-corrected chi connectivity index (χ2v) is 4.04. The largest absolute Gasteiger partial charge is 0.392 e. The van der Waals surface area contributed by atoms with Crippen molar-refractivity contribution in [3.8, 4) is 0 Å². The fourth-order valence-electron chi connectivity index (χ4n) is 1.67. The Hall–Kier alpha value is -0.160. The molecule has 1 unspecified atom stereocenters. The molecule has 0 bridgehead atoms. The molecule has 0 aliphatic carbocycles. The minimum Gasteiger partial charge on any atom is -0.392 e. The van der Waals surface area contributed by atoms with E-state index >= 15 is 0 Å². The Kier molecular flexibility index (Phi) is 5.40. The Bertz CT molecular complexity index is 147. The van der Waals surface area contributed by atoms with Crippen LogP contribution in [0.1, 0.15) is 6.42 Å². The molecule has 0 radical (unpaired) electrons. The van der Waals surface area contributed by atoms with Crippen molar-refractivity contribution in [3.05, 3.63) is 0 Å². The first-order valence-electron chi connectivity index (χ1n) is 5.30. The summed E-state index contributed by atoms with van der Waals surface area (Å²) in [6.07, 6.45) is 0.501. The molecule has 4 nitrogen and oxygen atoms in total. The quantitative estimate of drug-likeness (QED) is 0.660. The summed E-state index contributed by atoms with van der Waals surface area (Å²) in [4.78, 5) is 4.64. The van der Waals surface area contributed by atoms with E-state index in [2.05, 4.69) is 16.8 Å². The number of aliphatic hydroxyl groups excluding tert-OH is 1. The van der Waals surface area contributed by atoms with Crippen molar-refractivity contribution in [2.75, 3.05) is 53.5 Å². The van der Waals surface area contributed by atoms with Gasteiger partial charge >= 0.3 is 0 Å². The van der Waals surface area contributed by atoms with Gasteiger partial charge < -0.3 is 14.7 Å². The highest BCUT2D eigenvalue weighted by atomic mass is 16.5. The maximum atomic E-state index is 9.66. The fourth-order valence-corrected chi connectivity index (χ4v) is 1.67.